The number of hydrogen-bond donors (Lipinski definition) is 1. The van der Waals surface area contributed by atoms with Gasteiger partial charge in [-0.25, -0.2) is 0 Å². The Morgan fingerprint density at radius 1 is 1.00 bits per heavy atom. The number of benzene rings is 2. The molecule has 2 atom stereocenters. The second-order valence-electron chi connectivity index (χ2n) is 4.66. The van der Waals surface area contributed by atoms with Crippen molar-refractivity contribution in [3.63, 3.8) is 0 Å². The zero-order valence-electron chi connectivity index (χ0n) is 9.67. The molecule has 0 radical (unpaired) electrons. The number of aliphatic hydroxyl groups is 1. The average Bonchev–Trinajstić information content (AvgIpc) is 2.75. The van der Waals surface area contributed by atoms with Crippen LogP contribution in [0.3, 0.4) is 0 Å². The van der Waals surface area contributed by atoms with E-state index >= 15 is 0 Å². The summed E-state index contributed by atoms with van der Waals surface area (Å²) >= 11 is 1.82. The standard InChI is InChI=1S/C15H16OS/c16-14-6-3-7-15(14)17-13-9-8-11-4-1-2-5-12(11)10-13/h1-2,4-5,8-10,14-16H,3,6-7H2/t14-,15?/m1/s1. The van der Waals surface area contributed by atoms with Crippen LogP contribution in [0.2, 0.25) is 0 Å². The van der Waals surface area contributed by atoms with Gasteiger partial charge < -0.3 is 5.11 Å². The summed E-state index contributed by atoms with van der Waals surface area (Å²) in [4.78, 5) is 1.27. The Balaban J connectivity index is 1.85. The molecule has 0 bridgehead atoms. The van der Waals surface area contributed by atoms with Gasteiger partial charge in [-0.15, -0.1) is 11.8 Å². The third kappa shape index (κ3) is 2.33. The van der Waals surface area contributed by atoms with Crippen molar-refractivity contribution in [1.29, 1.82) is 0 Å². The van der Waals surface area contributed by atoms with Gasteiger partial charge in [-0.2, -0.15) is 0 Å². The first kappa shape index (κ1) is 11.1. The Labute approximate surface area is 106 Å². The van der Waals surface area contributed by atoms with E-state index in [0.717, 1.165) is 19.3 Å². The minimum Gasteiger partial charge on any atom is -0.392 e. The lowest BCUT2D eigenvalue weighted by molar-refractivity contribution is 0.188. The minimum atomic E-state index is -0.119. The molecule has 88 valence electrons. The molecule has 1 unspecified atom stereocenters. The predicted molar refractivity (Wildman–Crippen MR) is 73.5 cm³/mol. The molecule has 1 N–H and O–H groups in total. The van der Waals surface area contributed by atoms with Crippen LogP contribution < -0.4 is 0 Å². The third-order valence-electron chi connectivity index (χ3n) is 3.43. The molecule has 1 nitrogen and oxygen atoms in total. The van der Waals surface area contributed by atoms with E-state index in [2.05, 4.69) is 42.5 Å². The van der Waals surface area contributed by atoms with Crippen LogP contribution >= 0.6 is 11.8 Å². The van der Waals surface area contributed by atoms with Gasteiger partial charge in [0.2, 0.25) is 0 Å². The van der Waals surface area contributed by atoms with Crippen molar-refractivity contribution < 1.29 is 5.11 Å². The monoisotopic (exact) mass is 244 g/mol. The van der Waals surface area contributed by atoms with Gasteiger partial charge in [0.15, 0.2) is 0 Å². The number of thioether (sulfide) groups is 1. The highest BCUT2D eigenvalue weighted by Gasteiger charge is 2.25. The number of aliphatic hydroxyl groups excluding tert-OH is 1. The molecule has 1 saturated carbocycles. The topological polar surface area (TPSA) is 20.2 Å². The van der Waals surface area contributed by atoms with Crippen molar-refractivity contribution in [3.8, 4) is 0 Å². The lowest BCUT2D eigenvalue weighted by atomic mass is 10.1. The van der Waals surface area contributed by atoms with E-state index in [1.807, 2.05) is 11.8 Å². The van der Waals surface area contributed by atoms with E-state index < -0.39 is 0 Å². The summed E-state index contributed by atoms with van der Waals surface area (Å²) in [7, 11) is 0. The van der Waals surface area contributed by atoms with E-state index in [9.17, 15) is 5.11 Å². The summed E-state index contributed by atoms with van der Waals surface area (Å²) in [6, 6.07) is 15.0. The molecular formula is C15H16OS. The first-order valence-electron chi connectivity index (χ1n) is 6.16. The number of fused-ring (bicyclic) bond motifs is 1. The van der Waals surface area contributed by atoms with Crippen LogP contribution in [0.5, 0.6) is 0 Å². The van der Waals surface area contributed by atoms with Crippen LogP contribution in [0.4, 0.5) is 0 Å². The fraction of sp³-hybridized carbons (Fsp3) is 0.333. The van der Waals surface area contributed by atoms with Gasteiger partial charge in [0.1, 0.15) is 0 Å². The van der Waals surface area contributed by atoms with Gasteiger partial charge in [-0.1, -0.05) is 30.3 Å². The molecule has 0 aliphatic heterocycles. The summed E-state index contributed by atoms with van der Waals surface area (Å²) in [5.74, 6) is 0. The Morgan fingerprint density at radius 3 is 2.59 bits per heavy atom. The van der Waals surface area contributed by atoms with Crippen molar-refractivity contribution in [2.24, 2.45) is 0 Å². The molecule has 2 aromatic rings. The Morgan fingerprint density at radius 2 is 1.82 bits per heavy atom. The maximum Gasteiger partial charge on any atom is 0.0662 e. The number of rotatable bonds is 2. The molecule has 0 spiro atoms. The van der Waals surface area contributed by atoms with E-state index in [1.165, 1.54) is 15.7 Å². The molecule has 0 aromatic heterocycles. The van der Waals surface area contributed by atoms with Gasteiger partial charge in [-0.3, -0.25) is 0 Å². The predicted octanol–water partition coefficient (Wildman–Crippen LogP) is 3.85. The van der Waals surface area contributed by atoms with Crippen LogP contribution in [0.25, 0.3) is 10.8 Å². The van der Waals surface area contributed by atoms with Crippen molar-refractivity contribution in [1.82, 2.24) is 0 Å². The summed E-state index contributed by atoms with van der Waals surface area (Å²) in [6.07, 6.45) is 3.14. The molecule has 17 heavy (non-hydrogen) atoms. The van der Waals surface area contributed by atoms with Gasteiger partial charge in [0, 0.05) is 10.1 Å². The molecule has 2 aromatic carbocycles. The molecule has 0 heterocycles. The smallest absolute Gasteiger partial charge is 0.0662 e. The van der Waals surface area contributed by atoms with Gasteiger partial charge >= 0.3 is 0 Å². The molecule has 3 rings (SSSR count). The highest BCUT2D eigenvalue weighted by atomic mass is 32.2. The zero-order valence-corrected chi connectivity index (χ0v) is 10.5. The first-order valence-corrected chi connectivity index (χ1v) is 7.04. The van der Waals surface area contributed by atoms with E-state index in [0.29, 0.717) is 5.25 Å². The lowest BCUT2D eigenvalue weighted by Crippen LogP contribution is -2.14. The summed E-state index contributed by atoms with van der Waals surface area (Å²) in [5, 5.41) is 12.8. The first-order chi connectivity index (χ1) is 8.33. The fourth-order valence-electron chi connectivity index (χ4n) is 2.46. The second kappa shape index (κ2) is 4.71. The van der Waals surface area contributed by atoms with Crippen molar-refractivity contribution in [2.45, 2.75) is 35.5 Å². The Kier molecular flexibility index (Phi) is 3.08. The van der Waals surface area contributed by atoms with Crippen LogP contribution in [-0.2, 0) is 0 Å². The molecule has 1 aliphatic carbocycles. The molecule has 2 heteroatoms. The average molecular weight is 244 g/mol. The quantitative estimate of drug-likeness (QED) is 0.866. The normalized spacial score (nSPS) is 24.3. The molecular weight excluding hydrogens is 228 g/mol. The molecule has 0 amide bonds. The van der Waals surface area contributed by atoms with Crippen LogP contribution in [0, 0.1) is 0 Å². The van der Waals surface area contributed by atoms with Gasteiger partial charge in [-0.05, 0) is 42.2 Å². The third-order valence-corrected chi connectivity index (χ3v) is 4.80. The maximum atomic E-state index is 9.84. The van der Waals surface area contributed by atoms with Crippen molar-refractivity contribution >= 4 is 22.5 Å². The second-order valence-corrected chi connectivity index (χ2v) is 5.98. The highest BCUT2D eigenvalue weighted by molar-refractivity contribution is 8.00. The molecule has 0 saturated heterocycles. The molecule has 1 fully saturated rings. The number of hydrogen-bond acceptors (Lipinski definition) is 2. The lowest BCUT2D eigenvalue weighted by Gasteiger charge is -2.14. The Bertz CT molecular complexity index is 523. The summed E-state index contributed by atoms with van der Waals surface area (Å²) in [5.41, 5.74) is 0. The minimum absolute atomic E-state index is 0.119. The van der Waals surface area contributed by atoms with Crippen molar-refractivity contribution in [3.05, 3.63) is 42.5 Å². The van der Waals surface area contributed by atoms with Gasteiger partial charge in [0.25, 0.3) is 0 Å². The zero-order chi connectivity index (χ0) is 11.7. The van der Waals surface area contributed by atoms with E-state index in [1.54, 1.807) is 0 Å². The summed E-state index contributed by atoms with van der Waals surface area (Å²) in [6.45, 7) is 0. The fourth-order valence-corrected chi connectivity index (χ4v) is 3.73. The SMILES string of the molecule is O[C@@H]1CCCC1Sc1ccc2ccccc2c1. The van der Waals surface area contributed by atoms with Crippen LogP contribution in [0.15, 0.2) is 47.4 Å². The van der Waals surface area contributed by atoms with Crippen LogP contribution in [0.1, 0.15) is 19.3 Å². The van der Waals surface area contributed by atoms with Gasteiger partial charge in [0.05, 0.1) is 6.10 Å². The van der Waals surface area contributed by atoms with Crippen LogP contribution in [-0.4, -0.2) is 16.5 Å². The van der Waals surface area contributed by atoms with E-state index in [4.69, 9.17) is 0 Å². The van der Waals surface area contributed by atoms with E-state index in [-0.39, 0.29) is 6.10 Å². The molecule has 1 aliphatic rings. The summed E-state index contributed by atoms with van der Waals surface area (Å²) < 4.78 is 0. The Hall–Kier alpha value is -0.990. The largest absolute Gasteiger partial charge is 0.392 e. The maximum absolute atomic E-state index is 9.84. The highest BCUT2D eigenvalue weighted by Crippen LogP contribution is 2.35. The van der Waals surface area contributed by atoms with Crippen molar-refractivity contribution in [2.75, 3.05) is 0 Å².